The summed E-state index contributed by atoms with van der Waals surface area (Å²) >= 11 is 5.07. The zero-order valence-electron chi connectivity index (χ0n) is 14.4. The monoisotopic (exact) mass is 402 g/mol. The molecule has 0 bridgehead atoms. The third kappa shape index (κ3) is 7.52. The van der Waals surface area contributed by atoms with Gasteiger partial charge >= 0.3 is 6.09 Å². The molecule has 0 atom stereocenters. The highest BCUT2D eigenvalue weighted by Crippen LogP contribution is 2.20. The quantitative estimate of drug-likeness (QED) is 0.647. The summed E-state index contributed by atoms with van der Waals surface area (Å²) in [7, 11) is 0. The molecule has 0 aromatic heterocycles. The molecule has 144 valence electrons. The molecule has 3 N–H and O–H groups in total. The highest BCUT2D eigenvalue weighted by atomic mass is 35.5. The average Bonchev–Trinajstić information content (AvgIpc) is 2.57. The number of halogens is 1. The summed E-state index contributed by atoms with van der Waals surface area (Å²) in [4.78, 5) is 25.6. The average molecular weight is 403 g/mol. The lowest BCUT2D eigenvalue weighted by molar-refractivity contribution is -0.118. The van der Waals surface area contributed by atoms with Crippen LogP contribution in [0.5, 0.6) is 0 Å². The van der Waals surface area contributed by atoms with Crippen molar-refractivity contribution in [2.24, 2.45) is 0 Å². The molecule has 8 nitrogen and oxygen atoms in total. The third-order valence-electron chi connectivity index (χ3n) is 3.41. The van der Waals surface area contributed by atoms with Gasteiger partial charge < -0.3 is 20.1 Å². The van der Waals surface area contributed by atoms with Crippen molar-refractivity contribution in [1.82, 2.24) is 10.2 Å². The zero-order chi connectivity index (χ0) is 18.1. The molecule has 0 unspecified atom stereocenters. The molecule has 1 saturated heterocycles. The van der Waals surface area contributed by atoms with E-state index in [0.29, 0.717) is 31.1 Å². The summed E-state index contributed by atoms with van der Waals surface area (Å²) in [5.41, 5.74) is 1.16. The number of ether oxygens (including phenoxy) is 2. The molecule has 1 fully saturated rings. The number of nitrogens with zero attached hydrogens (tertiary/aromatic N) is 1. The van der Waals surface area contributed by atoms with E-state index < -0.39 is 6.09 Å². The number of thiocarbonyl (C=S) groups is 1. The maximum absolute atomic E-state index is 12.2. The van der Waals surface area contributed by atoms with Crippen molar-refractivity contribution in [2.45, 2.75) is 6.92 Å². The highest BCUT2D eigenvalue weighted by Gasteiger charge is 2.15. The Balaban J connectivity index is 0.00000338. The van der Waals surface area contributed by atoms with Crippen molar-refractivity contribution in [1.29, 1.82) is 0 Å². The molecular formula is C16H23ClN4O4S. The van der Waals surface area contributed by atoms with Gasteiger partial charge in [-0.1, -0.05) is 12.1 Å². The normalized spacial score (nSPS) is 13.9. The van der Waals surface area contributed by atoms with Gasteiger partial charge in [0.05, 0.1) is 37.7 Å². The number of hydrogen-bond acceptors (Lipinski definition) is 6. The van der Waals surface area contributed by atoms with E-state index in [1.807, 2.05) is 4.90 Å². The molecule has 0 spiro atoms. The van der Waals surface area contributed by atoms with Gasteiger partial charge in [-0.05, 0) is 31.3 Å². The predicted octanol–water partition coefficient (Wildman–Crippen LogP) is 1.82. The Kier molecular flexibility index (Phi) is 9.89. The molecule has 10 heteroatoms. The number of nitrogens with one attached hydrogen (secondary N) is 3. The molecule has 0 aliphatic carbocycles. The van der Waals surface area contributed by atoms with Crippen LogP contribution in [0.4, 0.5) is 16.2 Å². The first-order valence-corrected chi connectivity index (χ1v) is 8.43. The van der Waals surface area contributed by atoms with Gasteiger partial charge in [0.1, 0.15) is 0 Å². The largest absolute Gasteiger partial charge is 0.450 e. The minimum absolute atomic E-state index is 0. The van der Waals surface area contributed by atoms with Crippen molar-refractivity contribution in [3.8, 4) is 0 Å². The molecule has 0 saturated carbocycles. The van der Waals surface area contributed by atoms with Gasteiger partial charge in [0.2, 0.25) is 5.91 Å². The van der Waals surface area contributed by atoms with Crippen LogP contribution in [0.15, 0.2) is 24.3 Å². The van der Waals surface area contributed by atoms with E-state index in [1.54, 1.807) is 31.2 Å². The van der Waals surface area contributed by atoms with Gasteiger partial charge in [-0.25, -0.2) is 4.79 Å². The van der Waals surface area contributed by atoms with E-state index in [4.69, 9.17) is 21.7 Å². The second kappa shape index (κ2) is 11.6. The van der Waals surface area contributed by atoms with Crippen LogP contribution in [-0.2, 0) is 14.3 Å². The fourth-order valence-electron chi connectivity index (χ4n) is 2.27. The fourth-order valence-corrected chi connectivity index (χ4v) is 2.46. The maximum atomic E-state index is 12.2. The lowest BCUT2D eigenvalue weighted by Crippen LogP contribution is -2.41. The van der Waals surface area contributed by atoms with Crippen LogP contribution in [0.1, 0.15) is 6.92 Å². The van der Waals surface area contributed by atoms with Crippen LogP contribution in [0.2, 0.25) is 0 Å². The van der Waals surface area contributed by atoms with Crippen LogP contribution >= 0.6 is 24.6 Å². The summed E-state index contributed by atoms with van der Waals surface area (Å²) in [6, 6.07) is 7.11. The Morgan fingerprint density at radius 3 is 2.42 bits per heavy atom. The SMILES string of the molecule is CCOC(=O)NC(=S)Nc1ccccc1NC(=O)CN1CCOCC1.Cl. The number of alkyl carbamates (subject to hydrolysis) is 1. The van der Waals surface area contributed by atoms with Crippen molar-refractivity contribution in [3.05, 3.63) is 24.3 Å². The molecule has 2 amide bonds. The minimum Gasteiger partial charge on any atom is -0.450 e. The number of rotatable bonds is 5. The molecule has 0 radical (unpaired) electrons. The summed E-state index contributed by atoms with van der Waals surface area (Å²) in [6.45, 7) is 5.00. The molecule has 1 aromatic rings. The van der Waals surface area contributed by atoms with E-state index >= 15 is 0 Å². The number of para-hydroxylation sites is 2. The lowest BCUT2D eigenvalue weighted by Gasteiger charge is -2.26. The number of carbonyl (C=O) groups is 2. The molecule has 2 rings (SSSR count). The van der Waals surface area contributed by atoms with Gasteiger partial charge in [0, 0.05) is 13.1 Å². The number of hydrogen-bond donors (Lipinski definition) is 3. The van der Waals surface area contributed by atoms with Crippen molar-refractivity contribution in [2.75, 3.05) is 50.1 Å². The number of morpholine rings is 1. The lowest BCUT2D eigenvalue weighted by atomic mass is 10.2. The number of benzene rings is 1. The van der Waals surface area contributed by atoms with Crippen molar-refractivity contribution >= 4 is 53.1 Å². The Hall–Kier alpha value is -1.94. The number of carbonyl (C=O) groups excluding carboxylic acids is 2. The number of anilines is 2. The smallest absolute Gasteiger partial charge is 0.413 e. The van der Waals surface area contributed by atoms with Gasteiger partial charge in [-0.3, -0.25) is 15.0 Å². The van der Waals surface area contributed by atoms with Crippen molar-refractivity contribution in [3.63, 3.8) is 0 Å². The summed E-state index contributed by atoms with van der Waals surface area (Å²) in [5, 5.41) is 8.23. The highest BCUT2D eigenvalue weighted by molar-refractivity contribution is 7.80. The van der Waals surface area contributed by atoms with Crippen LogP contribution in [0.3, 0.4) is 0 Å². The second-order valence-corrected chi connectivity index (χ2v) is 5.69. The van der Waals surface area contributed by atoms with Crippen LogP contribution in [-0.4, -0.2) is 61.5 Å². The van der Waals surface area contributed by atoms with E-state index in [9.17, 15) is 9.59 Å². The van der Waals surface area contributed by atoms with E-state index in [1.165, 1.54) is 0 Å². The summed E-state index contributed by atoms with van der Waals surface area (Å²) < 4.78 is 10.0. The third-order valence-corrected chi connectivity index (χ3v) is 3.62. The maximum Gasteiger partial charge on any atom is 0.413 e. The fraction of sp³-hybridized carbons (Fsp3) is 0.438. The Morgan fingerprint density at radius 1 is 1.19 bits per heavy atom. The molecule has 1 aromatic carbocycles. The predicted molar refractivity (Wildman–Crippen MR) is 106 cm³/mol. The first-order valence-electron chi connectivity index (χ1n) is 8.02. The Bertz CT molecular complexity index is 626. The van der Waals surface area contributed by atoms with Gasteiger partial charge in [0.25, 0.3) is 0 Å². The summed E-state index contributed by atoms with van der Waals surface area (Å²) in [6.07, 6.45) is -0.631. The molecule has 1 heterocycles. The van der Waals surface area contributed by atoms with E-state index in [2.05, 4.69) is 16.0 Å². The zero-order valence-corrected chi connectivity index (χ0v) is 16.1. The van der Waals surface area contributed by atoms with Crippen molar-refractivity contribution < 1.29 is 19.1 Å². The number of amides is 2. The molecule has 1 aliphatic heterocycles. The summed E-state index contributed by atoms with van der Waals surface area (Å²) in [5.74, 6) is -0.125. The van der Waals surface area contributed by atoms with Gasteiger partial charge in [0.15, 0.2) is 5.11 Å². The minimum atomic E-state index is -0.631. The van der Waals surface area contributed by atoms with Gasteiger partial charge in [-0.15, -0.1) is 12.4 Å². The molecular weight excluding hydrogens is 380 g/mol. The standard InChI is InChI=1S/C16H22N4O4S.ClH/c1-2-24-16(22)19-15(25)18-13-6-4-3-5-12(13)17-14(21)11-20-7-9-23-10-8-20;/h3-6H,2,7-11H2,1H3,(H,17,21)(H2,18,19,22,25);1H. The second-order valence-electron chi connectivity index (χ2n) is 5.28. The van der Waals surface area contributed by atoms with E-state index in [-0.39, 0.29) is 30.0 Å². The van der Waals surface area contributed by atoms with Crippen LogP contribution in [0.25, 0.3) is 0 Å². The van der Waals surface area contributed by atoms with Crippen LogP contribution in [0, 0.1) is 0 Å². The first kappa shape index (κ1) is 22.1. The Morgan fingerprint density at radius 2 is 1.81 bits per heavy atom. The molecule has 26 heavy (non-hydrogen) atoms. The first-order chi connectivity index (χ1) is 12.1. The van der Waals surface area contributed by atoms with E-state index in [0.717, 1.165) is 13.1 Å². The topological polar surface area (TPSA) is 91.9 Å². The van der Waals surface area contributed by atoms with Crippen LogP contribution < -0.4 is 16.0 Å². The Labute approximate surface area is 164 Å². The molecule has 1 aliphatic rings. The van der Waals surface area contributed by atoms with Gasteiger partial charge in [-0.2, -0.15) is 0 Å².